The highest BCUT2D eigenvalue weighted by molar-refractivity contribution is 5.69. The van der Waals surface area contributed by atoms with Gasteiger partial charge in [0.2, 0.25) is 0 Å². The average molecular weight is 415 g/mol. The first kappa shape index (κ1) is 20.5. The number of fused-ring (bicyclic) bond motifs is 2. The normalized spacial score (nSPS) is 26.9. The van der Waals surface area contributed by atoms with Gasteiger partial charge in [0.25, 0.3) is 0 Å². The van der Waals surface area contributed by atoms with Crippen molar-refractivity contribution in [2.24, 2.45) is 11.3 Å². The van der Waals surface area contributed by atoms with Crippen LogP contribution >= 0.6 is 0 Å². The van der Waals surface area contributed by atoms with Gasteiger partial charge < -0.3 is 15.4 Å². The molecule has 1 aliphatic carbocycles. The molecule has 3 heteroatoms. The fourth-order valence-electron chi connectivity index (χ4n) is 5.54. The van der Waals surface area contributed by atoms with Gasteiger partial charge in [-0.3, -0.25) is 0 Å². The van der Waals surface area contributed by atoms with Gasteiger partial charge >= 0.3 is 0 Å². The van der Waals surface area contributed by atoms with Crippen LogP contribution in [0.2, 0.25) is 0 Å². The van der Waals surface area contributed by atoms with E-state index < -0.39 is 0 Å². The Morgan fingerprint density at radius 1 is 0.968 bits per heavy atom. The summed E-state index contributed by atoms with van der Waals surface area (Å²) in [7, 11) is 0. The molecule has 31 heavy (non-hydrogen) atoms. The molecule has 5 rings (SSSR count). The zero-order valence-electron chi connectivity index (χ0n) is 18.6. The molecular weight excluding hydrogens is 380 g/mol. The minimum Gasteiger partial charge on any atom is -0.493 e. The molecule has 2 fully saturated rings. The second kappa shape index (κ2) is 8.64. The third kappa shape index (κ3) is 4.09. The lowest BCUT2D eigenvalue weighted by Gasteiger charge is -2.40. The molecule has 2 N–H and O–H groups in total. The molecule has 2 heterocycles. The van der Waals surface area contributed by atoms with Crippen LogP contribution in [0, 0.1) is 11.3 Å². The van der Waals surface area contributed by atoms with Crippen molar-refractivity contribution in [3.8, 4) is 5.75 Å². The SMILES string of the molecule is CC1(/C=C\c2ccccc2)CCNCC1COc1cccc2c1C1(C=C2)CCNCC1. The molecule has 162 valence electrons. The second-order valence-electron chi connectivity index (χ2n) is 9.67. The lowest BCUT2D eigenvalue weighted by Crippen LogP contribution is -2.45. The highest BCUT2D eigenvalue weighted by Crippen LogP contribution is 2.47. The summed E-state index contributed by atoms with van der Waals surface area (Å²) in [5.41, 5.74) is 4.30. The maximum atomic E-state index is 6.63. The van der Waals surface area contributed by atoms with Gasteiger partial charge in [0.05, 0.1) is 6.61 Å². The molecule has 2 atom stereocenters. The van der Waals surface area contributed by atoms with Gasteiger partial charge in [-0.1, -0.05) is 73.7 Å². The molecule has 3 aliphatic rings. The highest BCUT2D eigenvalue weighted by Gasteiger charge is 2.39. The van der Waals surface area contributed by atoms with E-state index in [1.807, 2.05) is 0 Å². The molecule has 2 unspecified atom stereocenters. The maximum absolute atomic E-state index is 6.63. The van der Waals surface area contributed by atoms with Crippen LogP contribution in [-0.4, -0.2) is 32.8 Å². The van der Waals surface area contributed by atoms with Crippen LogP contribution < -0.4 is 15.4 Å². The van der Waals surface area contributed by atoms with Crippen LogP contribution in [0.4, 0.5) is 0 Å². The summed E-state index contributed by atoms with van der Waals surface area (Å²) in [6.07, 6.45) is 12.9. The Bertz CT molecular complexity index is 958. The Hall–Kier alpha value is -2.36. The third-order valence-electron chi connectivity index (χ3n) is 7.69. The summed E-state index contributed by atoms with van der Waals surface area (Å²) >= 11 is 0. The first-order valence-electron chi connectivity index (χ1n) is 11.8. The molecule has 1 spiro atoms. The van der Waals surface area contributed by atoms with Gasteiger partial charge in [-0.15, -0.1) is 0 Å². The number of allylic oxidation sites excluding steroid dienone is 2. The molecule has 0 saturated carbocycles. The van der Waals surface area contributed by atoms with Crippen LogP contribution in [0.25, 0.3) is 12.2 Å². The van der Waals surface area contributed by atoms with Crippen molar-refractivity contribution >= 4 is 12.2 Å². The van der Waals surface area contributed by atoms with Crippen LogP contribution in [0.15, 0.2) is 60.7 Å². The maximum Gasteiger partial charge on any atom is 0.123 e. The Kier molecular flexibility index (Phi) is 5.73. The van der Waals surface area contributed by atoms with Gasteiger partial charge in [-0.25, -0.2) is 0 Å². The van der Waals surface area contributed by atoms with E-state index in [4.69, 9.17) is 4.74 Å². The molecule has 2 aromatic rings. The van der Waals surface area contributed by atoms with E-state index in [2.05, 4.69) is 90.4 Å². The number of ether oxygens (including phenoxy) is 1. The zero-order chi connectivity index (χ0) is 21.2. The Labute approximate surface area is 186 Å². The van der Waals surface area contributed by atoms with E-state index in [1.165, 1.54) is 16.7 Å². The Balaban J connectivity index is 1.35. The molecule has 0 amide bonds. The van der Waals surface area contributed by atoms with E-state index in [0.717, 1.165) is 57.8 Å². The van der Waals surface area contributed by atoms with E-state index in [9.17, 15) is 0 Å². The summed E-state index contributed by atoms with van der Waals surface area (Å²) in [4.78, 5) is 0. The summed E-state index contributed by atoms with van der Waals surface area (Å²) in [6, 6.07) is 17.2. The molecule has 2 aromatic carbocycles. The van der Waals surface area contributed by atoms with Crippen molar-refractivity contribution < 1.29 is 4.74 Å². The predicted octanol–water partition coefficient (Wildman–Crippen LogP) is 5.04. The highest BCUT2D eigenvalue weighted by atomic mass is 16.5. The summed E-state index contributed by atoms with van der Waals surface area (Å²) in [5.74, 6) is 1.53. The number of hydrogen-bond acceptors (Lipinski definition) is 3. The van der Waals surface area contributed by atoms with Crippen molar-refractivity contribution in [3.05, 3.63) is 77.4 Å². The van der Waals surface area contributed by atoms with E-state index in [-0.39, 0.29) is 10.8 Å². The molecule has 0 radical (unpaired) electrons. The van der Waals surface area contributed by atoms with E-state index in [0.29, 0.717) is 5.92 Å². The fourth-order valence-corrected chi connectivity index (χ4v) is 5.54. The zero-order valence-corrected chi connectivity index (χ0v) is 18.6. The third-order valence-corrected chi connectivity index (χ3v) is 7.69. The van der Waals surface area contributed by atoms with Crippen molar-refractivity contribution in [2.45, 2.75) is 31.6 Å². The number of rotatable bonds is 5. The topological polar surface area (TPSA) is 33.3 Å². The van der Waals surface area contributed by atoms with Gasteiger partial charge in [0.15, 0.2) is 0 Å². The Morgan fingerprint density at radius 3 is 2.61 bits per heavy atom. The standard InChI is InChI=1S/C28H34N2O/c1-27(12-10-22-6-3-2-4-7-22)14-17-30-20-24(27)21-31-25-9-5-8-23-11-13-28(26(23)25)15-18-29-19-16-28/h2-13,24,29-30H,14-21H2,1H3/b12-10-. The first-order valence-corrected chi connectivity index (χ1v) is 11.8. The molecule has 0 aromatic heterocycles. The number of nitrogens with one attached hydrogen (secondary N) is 2. The van der Waals surface area contributed by atoms with Gasteiger partial charge in [0, 0.05) is 23.4 Å². The number of hydrogen-bond donors (Lipinski definition) is 2. The monoisotopic (exact) mass is 414 g/mol. The fraction of sp³-hybridized carbons (Fsp3) is 0.429. The molecule has 2 aliphatic heterocycles. The van der Waals surface area contributed by atoms with Gasteiger partial charge in [0.1, 0.15) is 5.75 Å². The van der Waals surface area contributed by atoms with Crippen molar-refractivity contribution in [2.75, 3.05) is 32.8 Å². The van der Waals surface area contributed by atoms with Gasteiger partial charge in [-0.2, -0.15) is 0 Å². The van der Waals surface area contributed by atoms with Crippen LogP contribution in [-0.2, 0) is 5.41 Å². The quantitative estimate of drug-likeness (QED) is 0.719. The van der Waals surface area contributed by atoms with Crippen LogP contribution in [0.1, 0.15) is 42.9 Å². The largest absolute Gasteiger partial charge is 0.493 e. The average Bonchev–Trinajstić information content (AvgIpc) is 3.17. The van der Waals surface area contributed by atoms with E-state index >= 15 is 0 Å². The lowest BCUT2D eigenvalue weighted by atomic mass is 9.72. The Morgan fingerprint density at radius 2 is 1.77 bits per heavy atom. The summed E-state index contributed by atoms with van der Waals surface area (Å²) < 4.78 is 6.63. The predicted molar refractivity (Wildman–Crippen MR) is 129 cm³/mol. The number of piperidine rings is 2. The molecule has 2 saturated heterocycles. The van der Waals surface area contributed by atoms with Crippen LogP contribution in [0.3, 0.4) is 0 Å². The minimum absolute atomic E-state index is 0.129. The van der Waals surface area contributed by atoms with Gasteiger partial charge in [-0.05, 0) is 61.5 Å². The van der Waals surface area contributed by atoms with Crippen molar-refractivity contribution in [3.63, 3.8) is 0 Å². The molecule has 3 nitrogen and oxygen atoms in total. The van der Waals surface area contributed by atoms with E-state index in [1.54, 1.807) is 0 Å². The first-order chi connectivity index (χ1) is 15.2. The smallest absolute Gasteiger partial charge is 0.123 e. The minimum atomic E-state index is 0.129. The summed E-state index contributed by atoms with van der Waals surface area (Å²) in [6.45, 7) is 7.35. The van der Waals surface area contributed by atoms with Crippen molar-refractivity contribution in [1.82, 2.24) is 10.6 Å². The lowest BCUT2D eigenvalue weighted by molar-refractivity contribution is 0.119. The molecule has 0 bridgehead atoms. The molecular formula is C28H34N2O. The summed E-state index contributed by atoms with van der Waals surface area (Å²) in [5, 5.41) is 7.12. The number of benzene rings is 2. The van der Waals surface area contributed by atoms with Crippen LogP contribution in [0.5, 0.6) is 5.75 Å². The van der Waals surface area contributed by atoms with Crippen molar-refractivity contribution in [1.29, 1.82) is 0 Å². The second-order valence-corrected chi connectivity index (χ2v) is 9.67.